The summed E-state index contributed by atoms with van der Waals surface area (Å²) in [7, 11) is 0. The number of fused-ring (bicyclic) bond motifs is 1. The highest BCUT2D eigenvalue weighted by atomic mass is 16.6. The fourth-order valence-electron chi connectivity index (χ4n) is 3.61. The predicted octanol–water partition coefficient (Wildman–Crippen LogP) is 3.63. The molecule has 1 aromatic carbocycles. The number of rotatable bonds is 3. The third-order valence-electron chi connectivity index (χ3n) is 4.96. The summed E-state index contributed by atoms with van der Waals surface area (Å²) in [6.45, 7) is 4.33. The standard InChI is InChI=1S/C17H21N3O3/c1-10-4-3-5-11(2)16(10)19-17(21)14-9-18-15-7-6-12(20(22)23)8-13(14)15/h6-11,16,18H,3-5H2,1-2H3,(H,19,21). The third kappa shape index (κ3) is 2.93. The molecule has 1 amide bonds. The quantitative estimate of drug-likeness (QED) is 0.669. The first-order valence-electron chi connectivity index (χ1n) is 8.03. The van der Waals surface area contributed by atoms with Gasteiger partial charge >= 0.3 is 0 Å². The molecule has 23 heavy (non-hydrogen) atoms. The molecular weight excluding hydrogens is 294 g/mol. The highest BCUT2D eigenvalue weighted by molar-refractivity contribution is 6.07. The molecule has 0 bridgehead atoms. The maximum Gasteiger partial charge on any atom is 0.270 e. The molecule has 6 nitrogen and oxygen atoms in total. The number of nitro benzene ring substituents is 1. The van der Waals surface area contributed by atoms with Crippen LogP contribution in [0.2, 0.25) is 0 Å². The molecule has 2 N–H and O–H groups in total. The molecule has 0 saturated heterocycles. The lowest BCUT2D eigenvalue weighted by molar-refractivity contribution is -0.384. The summed E-state index contributed by atoms with van der Waals surface area (Å²) >= 11 is 0. The van der Waals surface area contributed by atoms with Gasteiger partial charge in [0.05, 0.1) is 10.5 Å². The Hall–Kier alpha value is -2.37. The zero-order valence-electron chi connectivity index (χ0n) is 13.3. The second kappa shape index (κ2) is 6.02. The highest BCUT2D eigenvalue weighted by Crippen LogP contribution is 2.30. The fourth-order valence-corrected chi connectivity index (χ4v) is 3.61. The van der Waals surface area contributed by atoms with Crippen molar-refractivity contribution in [2.45, 2.75) is 39.2 Å². The fraction of sp³-hybridized carbons (Fsp3) is 0.471. The summed E-state index contributed by atoms with van der Waals surface area (Å²) in [6, 6.07) is 4.68. The molecule has 2 unspecified atom stereocenters. The van der Waals surface area contributed by atoms with Crippen molar-refractivity contribution in [3.8, 4) is 0 Å². The van der Waals surface area contributed by atoms with Gasteiger partial charge in [0.25, 0.3) is 11.6 Å². The molecule has 0 aliphatic heterocycles. The van der Waals surface area contributed by atoms with Gasteiger partial charge in [-0.15, -0.1) is 0 Å². The summed E-state index contributed by atoms with van der Waals surface area (Å²) in [5, 5.41) is 14.7. The monoisotopic (exact) mass is 315 g/mol. The SMILES string of the molecule is CC1CCCC(C)C1NC(=O)c1c[nH]c2ccc([N+](=O)[O-])cc12. The largest absolute Gasteiger partial charge is 0.360 e. The number of aromatic nitrogens is 1. The van der Waals surface area contributed by atoms with Crippen molar-refractivity contribution >= 4 is 22.5 Å². The van der Waals surface area contributed by atoms with Crippen LogP contribution >= 0.6 is 0 Å². The van der Waals surface area contributed by atoms with Crippen molar-refractivity contribution in [1.82, 2.24) is 10.3 Å². The lowest BCUT2D eigenvalue weighted by Gasteiger charge is -2.35. The molecule has 1 aromatic heterocycles. The predicted molar refractivity (Wildman–Crippen MR) is 88.4 cm³/mol. The Morgan fingerprint density at radius 1 is 1.30 bits per heavy atom. The second-order valence-electron chi connectivity index (χ2n) is 6.57. The van der Waals surface area contributed by atoms with Crippen molar-refractivity contribution in [1.29, 1.82) is 0 Å². The van der Waals surface area contributed by atoms with E-state index in [0.29, 0.717) is 22.8 Å². The molecule has 0 radical (unpaired) electrons. The second-order valence-corrected chi connectivity index (χ2v) is 6.57. The third-order valence-corrected chi connectivity index (χ3v) is 4.96. The number of carbonyl (C=O) groups is 1. The maximum atomic E-state index is 12.7. The smallest absolute Gasteiger partial charge is 0.270 e. The van der Waals surface area contributed by atoms with Crippen LogP contribution in [0.3, 0.4) is 0 Å². The molecule has 122 valence electrons. The topological polar surface area (TPSA) is 88.0 Å². The highest BCUT2D eigenvalue weighted by Gasteiger charge is 2.29. The van der Waals surface area contributed by atoms with Crippen molar-refractivity contribution in [2.24, 2.45) is 11.8 Å². The van der Waals surface area contributed by atoms with Crippen LogP contribution in [0.5, 0.6) is 0 Å². The van der Waals surface area contributed by atoms with E-state index in [1.807, 2.05) is 0 Å². The number of nitro groups is 1. The number of benzene rings is 1. The van der Waals surface area contributed by atoms with E-state index in [2.05, 4.69) is 24.1 Å². The first-order chi connectivity index (χ1) is 11.0. The van der Waals surface area contributed by atoms with Crippen molar-refractivity contribution in [3.05, 3.63) is 40.1 Å². The van der Waals surface area contributed by atoms with Crippen LogP contribution in [0, 0.1) is 22.0 Å². The minimum absolute atomic E-state index is 0.00875. The Morgan fingerprint density at radius 3 is 2.65 bits per heavy atom. The average molecular weight is 315 g/mol. The minimum Gasteiger partial charge on any atom is -0.360 e. The summed E-state index contributed by atoms with van der Waals surface area (Å²) in [5.74, 6) is 0.729. The lowest BCUT2D eigenvalue weighted by atomic mass is 9.78. The van der Waals surface area contributed by atoms with Gasteiger partial charge in [-0.3, -0.25) is 14.9 Å². The van der Waals surface area contributed by atoms with Gasteiger partial charge in [-0.2, -0.15) is 0 Å². The minimum atomic E-state index is -0.445. The number of non-ortho nitro benzene ring substituents is 1. The number of nitrogens with one attached hydrogen (secondary N) is 2. The van der Waals surface area contributed by atoms with E-state index in [1.165, 1.54) is 18.6 Å². The van der Waals surface area contributed by atoms with E-state index in [-0.39, 0.29) is 17.6 Å². The van der Waals surface area contributed by atoms with Crippen LogP contribution in [-0.4, -0.2) is 21.9 Å². The van der Waals surface area contributed by atoms with Crippen LogP contribution in [-0.2, 0) is 0 Å². The molecule has 1 heterocycles. The molecule has 6 heteroatoms. The zero-order valence-corrected chi connectivity index (χ0v) is 13.3. The van der Waals surface area contributed by atoms with Gasteiger partial charge in [0.15, 0.2) is 0 Å². The Kier molecular flexibility index (Phi) is 4.07. The van der Waals surface area contributed by atoms with Crippen LogP contribution in [0.25, 0.3) is 10.9 Å². The molecular formula is C17H21N3O3. The van der Waals surface area contributed by atoms with Gasteiger partial charge in [-0.05, 0) is 30.7 Å². The Bertz CT molecular complexity index is 743. The van der Waals surface area contributed by atoms with Gasteiger partial charge in [0.1, 0.15) is 0 Å². The Labute approximate surface area is 134 Å². The van der Waals surface area contributed by atoms with E-state index in [9.17, 15) is 14.9 Å². The summed E-state index contributed by atoms with van der Waals surface area (Å²) in [4.78, 5) is 26.2. The van der Waals surface area contributed by atoms with Crippen molar-refractivity contribution < 1.29 is 9.72 Å². The first-order valence-corrected chi connectivity index (χ1v) is 8.03. The van der Waals surface area contributed by atoms with Crippen molar-refractivity contribution in [3.63, 3.8) is 0 Å². The molecule has 1 fully saturated rings. The summed E-state index contributed by atoms with van der Waals surface area (Å²) in [6.07, 6.45) is 5.07. The average Bonchev–Trinajstić information content (AvgIpc) is 2.94. The molecule has 3 rings (SSSR count). The lowest BCUT2D eigenvalue weighted by Crippen LogP contribution is -2.45. The maximum absolute atomic E-state index is 12.7. The number of nitrogens with zero attached hydrogens (tertiary/aromatic N) is 1. The number of hydrogen-bond acceptors (Lipinski definition) is 3. The number of amides is 1. The van der Waals surface area contributed by atoms with E-state index in [0.717, 1.165) is 18.4 Å². The van der Waals surface area contributed by atoms with Crippen molar-refractivity contribution in [2.75, 3.05) is 0 Å². The number of carbonyl (C=O) groups excluding carboxylic acids is 1. The van der Waals surface area contributed by atoms with Gasteiger partial charge in [-0.25, -0.2) is 0 Å². The van der Waals surface area contributed by atoms with Crippen LogP contribution in [0.1, 0.15) is 43.5 Å². The normalized spacial score (nSPS) is 24.5. The summed E-state index contributed by atoms with van der Waals surface area (Å²) in [5.41, 5.74) is 1.18. The zero-order chi connectivity index (χ0) is 16.6. The number of H-pyrrole nitrogens is 1. The Balaban J connectivity index is 1.88. The molecule has 2 atom stereocenters. The number of aromatic amines is 1. The van der Waals surface area contributed by atoms with Crippen LogP contribution < -0.4 is 5.32 Å². The van der Waals surface area contributed by atoms with E-state index < -0.39 is 4.92 Å². The van der Waals surface area contributed by atoms with E-state index in [1.54, 1.807) is 12.3 Å². The van der Waals surface area contributed by atoms with Crippen LogP contribution in [0.15, 0.2) is 24.4 Å². The molecule has 1 aliphatic rings. The van der Waals surface area contributed by atoms with Gasteiger partial charge < -0.3 is 10.3 Å². The van der Waals surface area contributed by atoms with Gasteiger partial charge in [0.2, 0.25) is 0 Å². The van der Waals surface area contributed by atoms with Crippen LogP contribution in [0.4, 0.5) is 5.69 Å². The van der Waals surface area contributed by atoms with E-state index in [4.69, 9.17) is 0 Å². The number of hydrogen-bond donors (Lipinski definition) is 2. The molecule has 1 saturated carbocycles. The summed E-state index contributed by atoms with van der Waals surface area (Å²) < 4.78 is 0. The first kappa shape index (κ1) is 15.5. The Morgan fingerprint density at radius 2 is 2.00 bits per heavy atom. The van der Waals surface area contributed by atoms with Gasteiger partial charge in [0, 0.05) is 35.3 Å². The molecule has 2 aromatic rings. The molecule has 0 spiro atoms. The van der Waals surface area contributed by atoms with E-state index >= 15 is 0 Å². The molecule has 1 aliphatic carbocycles. The van der Waals surface area contributed by atoms with Gasteiger partial charge in [-0.1, -0.05) is 20.3 Å².